The van der Waals surface area contributed by atoms with E-state index in [-0.39, 0.29) is 5.91 Å². The third-order valence-corrected chi connectivity index (χ3v) is 4.90. The van der Waals surface area contributed by atoms with Crippen LogP contribution in [0.4, 0.5) is 0 Å². The molecule has 2 aliphatic rings. The van der Waals surface area contributed by atoms with Gasteiger partial charge in [0.2, 0.25) is 5.91 Å². The summed E-state index contributed by atoms with van der Waals surface area (Å²) in [5.74, 6) is 1.95. The van der Waals surface area contributed by atoms with Gasteiger partial charge in [0.1, 0.15) is 5.82 Å². The predicted octanol–water partition coefficient (Wildman–Crippen LogP) is 2.36. The van der Waals surface area contributed by atoms with Crippen molar-refractivity contribution in [1.82, 2.24) is 14.9 Å². The number of carbonyl (C=O) groups excluding carboxylic acids is 1. The largest absolute Gasteiger partial charge is 0.342 e. The third kappa shape index (κ3) is 1.90. The number of piperidine rings is 1. The van der Waals surface area contributed by atoms with Crippen LogP contribution in [0.3, 0.4) is 0 Å². The molecule has 104 valence electrons. The van der Waals surface area contributed by atoms with Gasteiger partial charge in [-0.2, -0.15) is 0 Å². The van der Waals surface area contributed by atoms with Crippen molar-refractivity contribution in [2.75, 3.05) is 13.1 Å². The first-order valence-corrected chi connectivity index (χ1v) is 7.35. The second-order valence-electron chi connectivity index (χ2n) is 6.53. The lowest BCUT2D eigenvalue weighted by molar-refractivity contribution is -0.130. The third-order valence-electron chi connectivity index (χ3n) is 4.90. The van der Waals surface area contributed by atoms with Gasteiger partial charge in [-0.25, -0.2) is 4.98 Å². The SMILES string of the molecule is CC12CC1CN(C(=O)CCc1nc3ccccc3[nH]1)C2. The maximum absolute atomic E-state index is 12.2. The van der Waals surface area contributed by atoms with Crippen molar-refractivity contribution in [3.63, 3.8) is 0 Å². The second-order valence-corrected chi connectivity index (χ2v) is 6.53. The fourth-order valence-corrected chi connectivity index (χ4v) is 3.45. The number of H-pyrrole nitrogens is 1. The summed E-state index contributed by atoms with van der Waals surface area (Å²) in [6.45, 7) is 4.22. The number of benzene rings is 1. The highest BCUT2D eigenvalue weighted by molar-refractivity contribution is 5.78. The molecule has 2 fully saturated rings. The van der Waals surface area contributed by atoms with Crippen LogP contribution < -0.4 is 0 Å². The Labute approximate surface area is 118 Å². The average Bonchev–Trinajstić information content (AvgIpc) is 2.81. The molecule has 1 aliphatic heterocycles. The number of imidazole rings is 1. The van der Waals surface area contributed by atoms with E-state index in [1.165, 1.54) is 6.42 Å². The van der Waals surface area contributed by atoms with Gasteiger partial charge in [0.05, 0.1) is 11.0 Å². The molecule has 4 heteroatoms. The Kier molecular flexibility index (Phi) is 2.43. The molecule has 2 unspecified atom stereocenters. The van der Waals surface area contributed by atoms with Crippen LogP contribution >= 0.6 is 0 Å². The summed E-state index contributed by atoms with van der Waals surface area (Å²) in [5.41, 5.74) is 2.46. The monoisotopic (exact) mass is 269 g/mol. The molecule has 4 rings (SSSR count). The molecule has 1 aromatic carbocycles. The molecule has 2 heterocycles. The zero-order valence-electron chi connectivity index (χ0n) is 11.7. The smallest absolute Gasteiger partial charge is 0.223 e. The first-order valence-electron chi connectivity index (χ1n) is 7.35. The van der Waals surface area contributed by atoms with Crippen molar-refractivity contribution in [1.29, 1.82) is 0 Å². The van der Waals surface area contributed by atoms with Gasteiger partial charge in [-0.1, -0.05) is 19.1 Å². The number of aryl methyl sites for hydroxylation is 1. The van der Waals surface area contributed by atoms with E-state index < -0.39 is 0 Å². The highest BCUT2D eigenvalue weighted by atomic mass is 16.2. The standard InChI is InChI=1S/C16H19N3O/c1-16-8-11(16)9-19(10-16)15(20)7-6-14-17-12-4-2-3-5-13(12)18-14/h2-5,11H,6-10H2,1H3,(H,17,18). The van der Waals surface area contributed by atoms with E-state index in [2.05, 4.69) is 16.9 Å². The van der Waals surface area contributed by atoms with Crippen molar-refractivity contribution in [3.05, 3.63) is 30.1 Å². The number of aromatic nitrogens is 2. The highest BCUT2D eigenvalue weighted by Crippen LogP contribution is 2.57. The summed E-state index contributed by atoms with van der Waals surface area (Å²) in [6.07, 6.45) is 2.56. The first-order chi connectivity index (χ1) is 9.64. The van der Waals surface area contributed by atoms with E-state index in [4.69, 9.17) is 0 Å². The van der Waals surface area contributed by atoms with Crippen molar-refractivity contribution >= 4 is 16.9 Å². The zero-order valence-corrected chi connectivity index (χ0v) is 11.7. The van der Waals surface area contributed by atoms with Crippen molar-refractivity contribution in [3.8, 4) is 0 Å². The van der Waals surface area contributed by atoms with Gasteiger partial charge >= 0.3 is 0 Å². The van der Waals surface area contributed by atoms with Gasteiger partial charge < -0.3 is 9.88 Å². The molecule has 1 amide bonds. The van der Waals surface area contributed by atoms with Gasteiger partial charge in [0.15, 0.2) is 0 Å². The second kappa shape index (κ2) is 4.08. The van der Waals surface area contributed by atoms with Crippen LogP contribution in [0.1, 0.15) is 25.6 Å². The number of fused-ring (bicyclic) bond motifs is 2. The maximum atomic E-state index is 12.2. The molecule has 1 saturated carbocycles. The van der Waals surface area contributed by atoms with E-state index in [1.807, 2.05) is 29.2 Å². The van der Waals surface area contributed by atoms with Crippen LogP contribution in [-0.4, -0.2) is 33.9 Å². The number of hydrogen-bond donors (Lipinski definition) is 1. The Morgan fingerprint density at radius 3 is 3.10 bits per heavy atom. The van der Waals surface area contributed by atoms with Crippen molar-refractivity contribution < 1.29 is 4.79 Å². The fourth-order valence-electron chi connectivity index (χ4n) is 3.45. The van der Waals surface area contributed by atoms with E-state index >= 15 is 0 Å². The molecule has 0 spiro atoms. The number of nitrogens with one attached hydrogen (secondary N) is 1. The molecule has 0 bridgehead atoms. The minimum absolute atomic E-state index is 0.277. The summed E-state index contributed by atoms with van der Waals surface area (Å²) in [7, 11) is 0. The van der Waals surface area contributed by atoms with Crippen LogP contribution in [0.15, 0.2) is 24.3 Å². The number of rotatable bonds is 3. The summed E-state index contributed by atoms with van der Waals surface area (Å²) in [6, 6.07) is 7.98. The Bertz CT molecular complexity index is 644. The summed E-state index contributed by atoms with van der Waals surface area (Å²) in [4.78, 5) is 22.1. The molecular weight excluding hydrogens is 250 g/mol. The summed E-state index contributed by atoms with van der Waals surface area (Å²) in [5, 5.41) is 0. The lowest BCUT2D eigenvalue weighted by Crippen LogP contribution is -2.31. The molecule has 1 saturated heterocycles. The molecule has 1 N–H and O–H groups in total. The van der Waals surface area contributed by atoms with Gasteiger partial charge in [0, 0.05) is 25.9 Å². The minimum atomic E-state index is 0.277. The quantitative estimate of drug-likeness (QED) is 0.930. The number of amides is 1. The number of nitrogens with zero attached hydrogens (tertiary/aromatic N) is 2. The molecule has 4 nitrogen and oxygen atoms in total. The molecule has 20 heavy (non-hydrogen) atoms. The minimum Gasteiger partial charge on any atom is -0.342 e. The molecule has 2 aromatic rings. The van der Waals surface area contributed by atoms with E-state index in [0.717, 1.165) is 35.9 Å². The normalized spacial score (nSPS) is 27.9. The Morgan fingerprint density at radius 1 is 1.50 bits per heavy atom. The molecular formula is C16H19N3O. The average molecular weight is 269 g/mol. The van der Waals surface area contributed by atoms with E-state index in [0.29, 0.717) is 18.3 Å². The van der Waals surface area contributed by atoms with Crippen LogP contribution in [0.25, 0.3) is 11.0 Å². The van der Waals surface area contributed by atoms with Crippen LogP contribution in [-0.2, 0) is 11.2 Å². The topological polar surface area (TPSA) is 49.0 Å². The number of carbonyl (C=O) groups is 1. The van der Waals surface area contributed by atoms with E-state index in [9.17, 15) is 4.79 Å². The fraction of sp³-hybridized carbons (Fsp3) is 0.500. The van der Waals surface area contributed by atoms with Gasteiger partial charge in [-0.05, 0) is 29.9 Å². The maximum Gasteiger partial charge on any atom is 0.223 e. The van der Waals surface area contributed by atoms with Crippen LogP contribution in [0, 0.1) is 11.3 Å². The Morgan fingerprint density at radius 2 is 2.35 bits per heavy atom. The van der Waals surface area contributed by atoms with Crippen molar-refractivity contribution in [2.24, 2.45) is 11.3 Å². The van der Waals surface area contributed by atoms with E-state index in [1.54, 1.807) is 0 Å². The number of aromatic amines is 1. The Balaban J connectivity index is 1.39. The molecule has 1 aromatic heterocycles. The zero-order chi connectivity index (χ0) is 13.7. The first kappa shape index (κ1) is 11.9. The van der Waals surface area contributed by atoms with Crippen LogP contribution in [0.5, 0.6) is 0 Å². The predicted molar refractivity (Wildman–Crippen MR) is 77.2 cm³/mol. The Hall–Kier alpha value is -1.84. The summed E-state index contributed by atoms with van der Waals surface area (Å²) < 4.78 is 0. The van der Waals surface area contributed by atoms with Gasteiger partial charge in [-0.15, -0.1) is 0 Å². The molecule has 1 aliphatic carbocycles. The molecule has 2 atom stereocenters. The summed E-state index contributed by atoms with van der Waals surface area (Å²) >= 11 is 0. The van der Waals surface area contributed by atoms with Crippen molar-refractivity contribution in [2.45, 2.75) is 26.2 Å². The number of hydrogen-bond acceptors (Lipinski definition) is 2. The van der Waals surface area contributed by atoms with Gasteiger partial charge in [0.25, 0.3) is 0 Å². The lowest BCUT2D eigenvalue weighted by Gasteiger charge is -2.19. The lowest BCUT2D eigenvalue weighted by atomic mass is 10.1. The van der Waals surface area contributed by atoms with Crippen LogP contribution in [0.2, 0.25) is 0 Å². The van der Waals surface area contributed by atoms with Gasteiger partial charge in [-0.3, -0.25) is 4.79 Å². The number of likely N-dealkylation sites (tertiary alicyclic amines) is 1. The molecule has 0 radical (unpaired) electrons. The number of para-hydroxylation sites is 2. The highest BCUT2D eigenvalue weighted by Gasteiger charge is 2.56.